The fourth-order valence-electron chi connectivity index (χ4n) is 2.01. The van der Waals surface area contributed by atoms with Gasteiger partial charge in [-0.25, -0.2) is 13.6 Å². The number of esters is 1. The van der Waals surface area contributed by atoms with E-state index >= 15 is 0 Å². The number of nitrogens with one attached hydrogen (secondary N) is 1. The standard InChI is InChI=1S/C19H15F2NO4/c1-12(23)22-17(9-13-5-3-2-4-6-13)19(25)26-11-18(24)14-7-8-15(20)16(21)10-14/h2-10H,11H2,1H3,(H,22,23). The molecule has 0 aliphatic heterocycles. The van der Waals surface area contributed by atoms with Crippen molar-refractivity contribution in [3.05, 3.63) is 77.0 Å². The highest BCUT2D eigenvalue weighted by atomic mass is 19.2. The lowest BCUT2D eigenvalue weighted by Gasteiger charge is -2.09. The van der Waals surface area contributed by atoms with Gasteiger partial charge in [0.1, 0.15) is 5.70 Å². The predicted molar refractivity (Wildman–Crippen MR) is 89.9 cm³/mol. The van der Waals surface area contributed by atoms with Gasteiger partial charge in [-0.1, -0.05) is 30.3 Å². The van der Waals surface area contributed by atoms with Gasteiger partial charge in [0.2, 0.25) is 5.91 Å². The van der Waals surface area contributed by atoms with Gasteiger partial charge in [-0.05, 0) is 29.8 Å². The van der Waals surface area contributed by atoms with Crippen LogP contribution in [0.5, 0.6) is 0 Å². The van der Waals surface area contributed by atoms with Crippen LogP contribution >= 0.6 is 0 Å². The molecule has 0 saturated carbocycles. The Bertz CT molecular complexity index is 863. The molecular formula is C19H15F2NO4. The van der Waals surface area contributed by atoms with E-state index in [1.165, 1.54) is 13.0 Å². The number of benzene rings is 2. The number of hydrogen-bond donors (Lipinski definition) is 1. The van der Waals surface area contributed by atoms with Gasteiger partial charge in [0.15, 0.2) is 24.0 Å². The maximum atomic E-state index is 13.2. The second kappa shape index (κ2) is 8.66. The molecule has 0 spiro atoms. The molecular weight excluding hydrogens is 344 g/mol. The van der Waals surface area contributed by atoms with Gasteiger partial charge in [-0.2, -0.15) is 0 Å². The van der Waals surface area contributed by atoms with E-state index in [0.717, 1.165) is 18.2 Å². The summed E-state index contributed by atoms with van der Waals surface area (Å²) in [4.78, 5) is 35.4. The zero-order valence-electron chi connectivity index (χ0n) is 13.8. The fraction of sp³-hybridized carbons (Fsp3) is 0.105. The van der Waals surface area contributed by atoms with Crippen LogP contribution in [0.2, 0.25) is 0 Å². The topological polar surface area (TPSA) is 72.5 Å². The maximum Gasteiger partial charge on any atom is 0.355 e. The minimum atomic E-state index is -1.18. The number of ether oxygens (including phenoxy) is 1. The van der Waals surface area contributed by atoms with E-state index in [1.807, 2.05) is 0 Å². The normalized spacial score (nSPS) is 11.0. The number of rotatable bonds is 6. The van der Waals surface area contributed by atoms with Crippen LogP contribution in [0.1, 0.15) is 22.8 Å². The molecule has 1 amide bonds. The van der Waals surface area contributed by atoms with Gasteiger partial charge in [0, 0.05) is 12.5 Å². The molecule has 2 aromatic rings. The molecule has 0 aliphatic rings. The van der Waals surface area contributed by atoms with E-state index in [0.29, 0.717) is 5.56 Å². The largest absolute Gasteiger partial charge is 0.453 e. The zero-order valence-corrected chi connectivity index (χ0v) is 13.8. The summed E-state index contributed by atoms with van der Waals surface area (Å²) in [5.41, 5.74) is 0.353. The molecule has 2 aromatic carbocycles. The summed E-state index contributed by atoms with van der Waals surface area (Å²) in [6.07, 6.45) is 1.39. The van der Waals surface area contributed by atoms with Crippen molar-refractivity contribution in [2.45, 2.75) is 6.92 Å². The van der Waals surface area contributed by atoms with Gasteiger partial charge in [-0.3, -0.25) is 9.59 Å². The molecule has 0 fully saturated rings. The maximum absolute atomic E-state index is 13.2. The summed E-state index contributed by atoms with van der Waals surface area (Å²) >= 11 is 0. The van der Waals surface area contributed by atoms with Gasteiger partial charge in [0.05, 0.1) is 0 Å². The lowest BCUT2D eigenvalue weighted by atomic mass is 10.1. The lowest BCUT2D eigenvalue weighted by molar-refractivity contribution is -0.139. The second-order valence-electron chi connectivity index (χ2n) is 5.28. The minimum Gasteiger partial charge on any atom is -0.453 e. The third-order valence-electron chi connectivity index (χ3n) is 3.22. The molecule has 1 N–H and O–H groups in total. The van der Waals surface area contributed by atoms with Crippen molar-refractivity contribution in [3.63, 3.8) is 0 Å². The fourth-order valence-corrected chi connectivity index (χ4v) is 2.01. The summed E-state index contributed by atoms with van der Waals surface area (Å²) in [7, 11) is 0. The van der Waals surface area contributed by atoms with Crippen molar-refractivity contribution >= 4 is 23.7 Å². The number of carbonyl (C=O) groups is 3. The summed E-state index contributed by atoms with van der Waals surface area (Å²) in [6, 6.07) is 11.3. The highest BCUT2D eigenvalue weighted by molar-refractivity contribution is 6.01. The van der Waals surface area contributed by atoms with Crippen LogP contribution in [0.25, 0.3) is 6.08 Å². The van der Waals surface area contributed by atoms with Crippen LogP contribution in [-0.2, 0) is 14.3 Å². The summed E-state index contributed by atoms with van der Waals surface area (Å²) in [5, 5.41) is 2.33. The molecule has 26 heavy (non-hydrogen) atoms. The smallest absolute Gasteiger partial charge is 0.355 e. The molecule has 134 valence electrons. The molecule has 0 saturated heterocycles. The molecule has 7 heteroatoms. The Morgan fingerprint density at radius 3 is 2.35 bits per heavy atom. The van der Waals surface area contributed by atoms with E-state index in [4.69, 9.17) is 4.74 Å². The Kier molecular flexibility index (Phi) is 6.32. The summed E-state index contributed by atoms with van der Waals surface area (Å²) in [6.45, 7) is 0.536. The first-order valence-electron chi connectivity index (χ1n) is 7.56. The van der Waals surface area contributed by atoms with Crippen molar-refractivity contribution in [2.75, 3.05) is 6.61 Å². The average Bonchev–Trinajstić information content (AvgIpc) is 2.61. The number of hydrogen-bond acceptors (Lipinski definition) is 4. The molecule has 0 bridgehead atoms. The zero-order chi connectivity index (χ0) is 19.1. The quantitative estimate of drug-likeness (QED) is 0.489. The number of ketones is 1. The molecule has 0 radical (unpaired) electrons. The Hall–Kier alpha value is -3.35. The van der Waals surface area contributed by atoms with Crippen molar-refractivity contribution in [1.82, 2.24) is 5.32 Å². The van der Waals surface area contributed by atoms with Crippen molar-refractivity contribution in [2.24, 2.45) is 0 Å². The molecule has 5 nitrogen and oxygen atoms in total. The van der Waals surface area contributed by atoms with Crippen LogP contribution in [0, 0.1) is 11.6 Å². The van der Waals surface area contributed by atoms with Gasteiger partial charge < -0.3 is 10.1 Å². The minimum absolute atomic E-state index is 0.134. The first kappa shape index (κ1) is 19.0. The lowest BCUT2D eigenvalue weighted by Crippen LogP contribution is -2.27. The van der Waals surface area contributed by atoms with Crippen LogP contribution in [0.4, 0.5) is 8.78 Å². The van der Waals surface area contributed by atoms with Crippen LogP contribution in [0.15, 0.2) is 54.2 Å². The van der Waals surface area contributed by atoms with E-state index in [2.05, 4.69) is 5.32 Å². The SMILES string of the molecule is CC(=O)NC(=Cc1ccccc1)C(=O)OCC(=O)c1ccc(F)c(F)c1. The van der Waals surface area contributed by atoms with Crippen molar-refractivity contribution in [1.29, 1.82) is 0 Å². The third-order valence-corrected chi connectivity index (χ3v) is 3.22. The Labute approximate surface area is 148 Å². The molecule has 2 rings (SSSR count). The van der Waals surface area contributed by atoms with Crippen LogP contribution < -0.4 is 5.32 Å². The predicted octanol–water partition coefficient (Wildman–Crippen LogP) is 2.87. The highest BCUT2D eigenvalue weighted by Gasteiger charge is 2.16. The molecule has 0 aliphatic carbocycles. The molecule has 0 unspecified atom stereocenters. The third kappa shape index (κ3) is 5.34. The van der Waals surface area contributed by atoms with Crippen LogP contribution in [-0.4, -0.2) is 24.3 Å². The Morgan fingerprint density at radius 2 is 1.73 bits per heavy atom. The van der Waals surface area contributed by atoms with Crippen molar-refractivity contribution < 1.29 is 27.9 Å². The van der Waals surface area contributed by atoms with Crippen LogP contribution in [0.3, 0.4) is 0 Å². The number of halogens is 2. The van der Waals surface area contributed by atoms with E-state index in [1.54, 1.807) is 30.3 Å². The Balaban J connectivity index is 2.09. The Morgan fingerprint density at radius 1 is 1.04 bits per heavy atom. The van der Waals surface area contributed by atoms with E-state index in [9.17, 15) is 23.2 Å². The number of amides is 1. The number of carbonyl (C=O) groups excluding carboxylic acids is 3. The number of Topliss-reactive ketones (excluding diaryl/α,β-unsaturated/α-hetero) is 1. The molecule has 0 aromatic heterocycles. The van der Waals surface area contributed by atoms with Gasteiger partial charge >= 0.3 is 5.97 Å². The summed E-state index contributed by atoms with van der Waals surface area (Å²) < 4.78 is 30.9. The van der Waals surface area contributed by atoms with E-state index < -0.39 is 35.9 Å². The second-order valence-corrected chi connectivity index (χ2v) is 5.28. The molecule has 0 atom stereocenters. The van der Waals surface area contributed by atoms with Gasteiger partial charge in [0.25, 0.3) is 0 Å². The monoisotopic (exact) mass is 359 g/mol. The average molecular weight is 359 g/mol. The summed E-state index contributed by atoms with van der Waals surface area (Å²) in [5.74, 6) is -4.39. The first-order valence-corrected chi connectivity index (χ1v) is 7.56. The van der Waals surface area contributed by atoms with E-state index in [-0.39, 0.29) is 11.3 Å². The highest BCUT2D eigenvalue weighted by Crippen LogP contribution is 2.10. The first-order chi connectivity index (χ1) is 12.4. The van der Waals surface area contributed by atoms with Crippen molar-refractivity contribution in [3.8, 4) is 0 Å². The molecule has 0 heterocycles. The van der Waals surface area contributed by atoms with Gasteiger partial charge in [-0.15, -0.1) is 0 Å².